The molecule has 0 aliphatic heterocycles. The van der Waals surface area contributed by atoms with E-state index in [-0.39, 0.29) is 11.9 Å². The fourth-order valence-corrected chi connectivity index (χ4v) is 4.18. The van der Waals surface area contributed by atoms with E-state index in [1.54, 1.807) is 12.1 Å². The van der Waals surface area contributed by atoms with Gasteiger partial charge in [-0.2, -0.15) is 0 Å². The first-order valence-electron chi connectivity index (χ1n) is 12.7. The van der Waals surface area contributed by atoms with E-state index >= 15 is 0 Å². The third-order valence-corrected chi connectivity index (χ3v) is 5.89. The molecule has 0 saturated heterocycles. The van der Waals surface area contributed by atoms with Gasteiger partial charge in [-0.3, -0.25) is 9.59 Å². The van der Waals surface area contributed by atoms with E-state index in [9.17, 15) is 14.7 Å². The number of phenolic OH excluding ortho intramolecular Hbond substituents is 1. The lowest BCUT2D eigenvalue weighted by molar-refractivity contribution is -0.142. The molecule has 0 bridgehead atoms. The zero-order valence-electron chi connectivity index (χ0n) is 21.4. The van der Waals surface area contributed by atoms with Crippen LogP contribution in [-0.4, -0.2) is 30.3 Å². The van der Waals surface area contributed by atoms with Gasteiger partial charge in [0, 0.05) is 19.8 Å². The van der Waals surface area contributed by atoms with Crippen molar-refractivity contribution in [2.75, 3.05) is 13.2 Å². The summed E-state index contributed by atoms with van der Waals surface area (Å²) in [6.45, 7) is 10.0. The number of unbranched alkanes of at least 4 members (excludes halogenated alkanes) is 1. The van der Waals surface area contributed by atoms with Gasteiger partial charge in [0.15, 0.2) is 0 Å². The summed E-state index contributed by atoms with van der Waals surface area (Å²) in [5.41, 5.74) is 2.22. The Labute approximate surface area is 206 Å². The van der Waals surface area contributed by atoms with Gasteiger partial charge in [-0.1, -0.05) is 57.6 Å². The second-order valence-corrected chi connectivity index (χ2v) is 9.16. The normalized spacial score (nSPS) is 17.1. The van der Waals surface area contributed by atoms with Crippen LogP contribution in [0.25, 0.3) is 0 Å². The van der Waals surface area contributed by atoms with E-state index in [1.165, 1.54) is 38.2 Å². The van der Waals surface area contributed by atoms with Crippen LogP contribution >= 0.6 is 0 Å². The Morgan fingerprint density at radius 2 is 1.85 bits per heavy atom. The van der Waals surface area contributed by atoms with Crippen LogP contribution in [-0.2, 0) is 31.9 Å². The van der Waals surface area contributed by atoms with Crippen LogP contribution in [0.15, 0.2) is 43.0 Å². The van der Waals surface area contributed by atoms with Gasteiger partial charge < -0.3 is 14.6 Å². The van der Waals surface area contributed by atoms with Gasteiger partial charge in [0.25, 0.3) is 0 Å². The molecule has 5 nitrogen and oxygen atoms in total. The predicted octanol–water partition coefficient (Wildman–Crippen LogP) is 6.72. The van der Waals surface area contributed by atoms with Crippen LogP contribution in [0.1, 0.15) is 83.3 Å². The number of carbonyl (C=O) groups is 2. The SMILES string of the molecule is C=CCOC(=O)CCC/C=C\CC.CC(=O)OCCc1cc(O)cc(CCC2CCC(C)C2)c1. The lowest BCUT2D eigenvalue weighted by Gasteiger charge is -2.11. The van der Waals surface area contributed by atoms with Crippen LogP contribution in [0.5, 0.6) is 5.75 Å². The van der Waals surface area contributed by atoms with Gasteiger partial charge in [-0.05, 0) is 73.6 Å². The predicted molar refractivity (Wildman–Crippen MR) is 138 cm³/mol. The third kappa shape index (κ3) is 14.6. The van der Waals surface area contributed by atoms with Crippen molar-refractivity contribution in [1.29, 1.82) is 0 Å². The van der Waals surface area contributed by atoms with E-state index in [1.807, 2.05) is 6.07 Å². The molecular weight excluding hydrogens is 428 g/mol. The highest BCUT2D eigenvalue weighted by molar-refractivity contribution is 5.69. The number of carbonyl (C=O) groups excluding carboxylic acids is 2. The molecule has 2 rings (SSSR count). The van der Waals surface area contributed by atoms with E-state index in [2.05, 4.69) is 38.6 Å². The lowest BCUT2D eigenvalue weighted by atomic mass is 9.96. The smallest absolute Gasteiger partial charge is 0.306 e. The van der Waals surface area contributed by atoms with Gasteiger partial charge in [-0.15, -0.1) is 0 Å². The summed E-state index contributed by atoms with van der Waals surface area (Å²) in [6.07, 6.45) is 16.1. The molecule has 0 amide bonds. The highest BCUT2D eigenvalue weighted by atomic mass is 16.5. The Hall–Kier alpha value is -2.56. The third-order valence-electron chi connectivity index (χ3n) is 5.89. The van der Waals surface area contributed by atoms with E-state index in [0.717, 1.165) is 43.1 Å². The first kappa shape index (κ1) is 29.5. The largest absolute Gasteiger partial charge is 0.508 e. The number of allylic oxidation sites excluding steroid dienone is 2. The van der Waals surface area contributed by atoms with Gasteiger partial charge in [0.2, 0.25) is 0 Å². The number of aryl methyl sites for hydroxylation is 1. The number of esters is 2. The molecule has 1 aromatic carbocycles. The minimum Gasteiger partial charge on any atom is -0.508 e. The molecule has 1 aromatic rings. The molecule has 1 aliphatic rings. The maximum Gasteiger partial charge on any atom is 0.306 e. The van der Waals surface area contributed by atoms with E-state index < -0.39 is 0 Å². The van der Waals surface area contributed by atoms with Crippen LogP contribution in [0.2, 0.25) is 0 Å². The Balaban J connectivity index is 0.000000385. The molecule has 1 fully saturated rings. The molecule has 2 unspecified atom stereocenters. The van der Waals surface area contributed by atoms with Crippen LogP contribution < -0.4 is 0 Å². The standard InChI is InChI=1S/C18H26O3.C11H18O2/c1-13-3-4-15(9-13)5-6-16-10-17(12-18(20)11-16)7-8-21-14(2)19;1-3-5-6-7-8-9-11(12)13-10-4-2/h10-13,15,20H,3-9H2,1-2H3;4-6H,2-3,7-10H2,1H3/b;6-5-. The molecule has 0 aromatic heterocycles. The van der Waals surface area contributed by atoms with Crippen molar-refractivity contribution in [3.05, 3.63) is 54.1 Å². The fraction of sp³-hybridized carbons (Fsp3) is 0.586. The number of ether oxygens (including phenoxy) is 2. The number of phenols is 1. The maximum atomic E-state index is 10.9. The zero-order valence-corrected chi connectivity index (χ0v) is 21.4. The molecule has 1 N–H and O–H groups in total. The first-order valence-corrected chi connectivity index (χ1v) is 12.7. The molecule has 0 radical (unpaired) electrons. The summed E-state index contributed by atoms with van der Waals surface area (Å²) in [5.74, 6) is 1.63. The van der Waals surface area contributed by atoms with Gasteiger partial charge >= 0.3 is 11.9 Å². The molecule has 2 atom stereocenters. The average Bonchev–Trinajstić information content (AvgIpc) is 3.21. The van der Waals surface area contributed by atoms with Crippen molar-refractivity contribution in [1.82, 2.24) is 0 Å². The van der Waals surface area contributed by atoms with E-state index in [0.29, 0.717) is 31.8 Å². The Kier molecular flexibility index (Phi) is 15.5. The summed E-state index contributed by atoms with van der Waals surface area (Å²) in [5, 5.41) is 9.83. The number of rotatable bonds is 13. The highest BCUT2D eigenvalue weighted by Crippen LogP contribution is 2.33. The number of hydrogen-bond acceptors (Lipinski definition) is 5. The molecule has 190 valence electrons. The summed E-state index contributed by atoms with van der Waals surface area (Å²) in [7, 11) is 0. The van der Waals surface area contributed by atoms with E-state index in [4.69, 9.17) is 9.47 Å². The lowest BCUT2D eigenvalue weighted by Crippen LogP contribution is -2.04. The minimum absolute atomic E-state index is 0.134. The molecule has 5 heteroatoms. The van der Waals surface area contributed by atoms with Crippen molar-refractivity contribution in [3.63, 3.8) is 0 Å². The Morgan fingerprint density at radius 3 is 2.47 bits per heavy atom. The van der Waals surface area contributed by atoms with Gasteiger partial charge in [-0.25, -0.2) is 0 Å². The van der Waals surface area contributed by atoms with Crippen molar-refractivity contribution in [3.8, 4) is 5.75 Å². The number of benzene rings is 1. The molecular formula is C29H44O5. The van der Waals surface area contributed by atoms with Crippen molar-refractivity contribution in [2.24, 2.45) is 11.8 Å². The van der Waals surface area contributed by atoms with Crippen molar-refractivity contribution < 1.29 is 24.2 Å². The molecule has 0 spiro atoms. The summed E-state index contributed by atoms with van der Waals surface area (Å²) in [4.78, 5) is 21.7. The first-order chi connectivity index (χ1) is 16.3. The van der Waals surface area contributed by atoms with Gasteiger partial charge in [0.1, 0.15) is 12.4 Å². The van der Waals surface area contributed by atoms with Crippen LogP contribution in [0.4, 0.5) is 0 Å². The van der Waals surface area contributed by atoms with Crippen molar-refractivity contribution in [2.45, 2.75) is 85.0 Å². The summed E-state index contributed by atoms with van der Waals surface area (Å²) in [6, 6.07) is 5.74. The monoisotopic (exact) mass is 472 g/mol. The second-order valence-electron chi connectivity index (χ2n) is 9.16. The summed E-state index contributed by atoms with van der Waals surface area (Å²) < 4.78 is 9.77. The summed E-state index contributed by atoms with van der Waals surface area (Å²) >= 11 is 0. The van der Waals surface area contributed by atoms with Crippen LogP contribution in [0, 0.1) is 11.8 Å². The topological polar surface area (TPSA) is 72.8 Å². The van der Waals surface area contributed by atoms with Gasteiger partial charge in [0.05, 0.1) is 6.61 Å². The molecule has 1 aliphatic carbocycles. The Bertz CT molecular complexity index is 768. The maximum absolute atomic E-state index is 10.9. The molecule has 34 heavy (non-hydrogen) atoms. The quantitative estimate of drug-likeness (QED) is 0.196. The number of aromatic hydroxyl groups is 1. The highest BCUT2D eigenvalue weighted by Gasteiger charge is 2.20. The Morgan fingerprint density at radius 1 is 1.12 bits per heavy atom. The second kappa shape index (κ2) is 17.9. The molecule has 1 saturated carbocycles. The average molecular weight is 473 g/mol. The minimum atomic E-state index is -0.259. The fourth-order valence-electron chi connectivity index (χ4n) is 4.18. The number of hydrogen-bond donors (Lipinski definition) is 1. The molecule has 0 heterocycles. The van der Waals surface area contributed by atoms with Crippen molar-refractivity contribution >= 4 is 11.9 Å². The zero-order chi connectivity index (χ0) is 25.2. The van der Waals surface area contributed by atoms with Crippen LogP contribution in [0.3, 0.4) is 0 Å².